The number of ether oxygens (including phenoxy) is 1. The van der Waals surface area contributed by atoms with Crippen LogP contribution in [-0.4, -0.2) is 11.0 Å². The number of carbonyl (C=O) groups is 1. The van der Waals surface area contributed by atoms with Crippen LogP contribution in [0.3, 0.4) is 0 Å². The van der Waals surface area contributed by atoms with Gasteiger partial charge in [-0.1, -0.05) is 36.4 Å². The molecule has 1 aromatic heterocycles. The van der Waals surface area contributed by atoms with Crippen molar-refractivity contribution in [3.05, 3.63) is 89.9 Å². The summed E-state index contributed by atoms with van der Waals surface area (Å²) in [5, 5.41) is 5.69. The highest BCUT2D eigenvalue weighted by Crippen LogP contribution is 2.19. The molecule has 3 aromatic rings. The maximum absolute atomic E-state index is 12.9. The maximum Gasteiger partial charge on any atom is 0.315 e. The molecule has 0 spiro atoms. The third-order valence-corrected chi connectivity index (χ3v) is 3.93. The molecule has 0 saturated heterocycles. The van der Waals surface area contributed by atoms with E-state index in [-0.39, 0.29) is 17.9 Å². The van der Waals surface area contributed by atoms with Gasteiger partial charge in [0.25, 0.3) is 0 Å². The van der Waals surface area contributed by atoms with E-state index in [9.17, 15) is 9.18 Å². The third kappa shape index (κ3) is 5.54. The first kappa shape index (κ1) is 18.4. The number of amides is 2. The molecule has 0 aliphatic rings. The van der Waals surface area contributed by atoms with E-state index in [1.807, 2.05) is 43.3 Å². The number of nitrogens with one attached hydrogen (secondary N) is 2. The molecule has 0 fully saturated rings. The van der Waals surface area contributed by atoms with Crippen molar-refractivity contribution in [3.8, 4) is 11.6 Å². The zero-order chi connectivity index (χ0) is 19.1. The van der Waals surface area contributed by atoms with E-state index in [0.717, 1.165) is 11.1 Å². The molecule has 1 unspecified atom stereocenters. The predicted molar refractivity (Wildman–Crippen MR) is 101 cm³/mol. The molecule has 5 nitrogen and oxygen atoms in total. The number of rotatable bonds is 6. The predicted octanol–water partition coefficient (Wildman–Crippen LogP) is 4.57. The van der Waals surface area contributed by atoms with Crippen LogP contribution in [0.1, 0.15) is 24.1 Å². The summed E-state index contributed by atoms with van der Waals surface area (Å²) in [6.45, 7) is 2.27. The topological polar surface area (TPSA) is 63.2 Å². The molecule has 0 aliphatic carbocycles. The van der Waals surface area contributed by atoms with E-state index < -0.39 is 0 Å². The Morgan fingerprint density at radius 2 is 1.81 bits per heavy atom. The SMILES string of the molecule is CC(NC(=O)NCc1ccc(Oc2ccc(F)cc2)nc1)c1ccccc1. The number of hydrogen-bond donors (Lipinski definition) is 2. The Morgan fingerprint density at radius 3 is 2.48 bits per heavy atom. The molecular weight excluding hydrogens is 345 g/mol. The zero-order valence-corrected chi connectivity index (χ0v) is 14.9. The molecule has 1 heterocycles. The quantitative estimate of drug-likeness (QED) is 0.672. The molecule has 1 atom stereocenters. The van der Waals surface area contributed by atoms with Gasteiger partial charge in [0, 0.05) is 18.8 Å². The fraction of sp³-hybridized carbons (Fsp3) is 0.143. The Kier molecular flexibility index (Phi) is 5.99. The van der Waals surface area contributed by atoms with E-state index >= 15 is 0 Å². The highest BCUT2D eigenvalue weighted by atomic mass is 19.1. The van der Waals surface area contributed by atoms with Crippen molar-refractivity contribution < 1.29 is 13.9 Å². The lowest BCUT2D eigenvalue weighted by molar-refractivity contribution is 0.237. The summed E-state index contributed by atoms with van der Waals surface area (Å²) < 4.78 is 18.4. The molecule has 6 heteroatoms. The molecule has 2 N–H and O–H groups in total. The van der Waals surface area contributed by atoms with Crippen molar-refractivity contribution in [1.82, 2.24) is 15.6 Å². The highest BCUT2D eigenvalue weighted by molar-refractivity contribution is 5.74. The second kappa shape index (κ2) is 8.80. The minimum Gasteiger partial charge on any atom is -0.439 e. The molecule has 3 rings (SSSR count). The lowest BCUT2D eigenvalue weighted by atomic mass is 10.1. The number of carbonyl (C=O) groups excluding carboxylic acids is 1. The first-order chi connectivity index (χ1) is 13.1. The van der Waals surface area contributed by atoms with Crippen LogP contribution >= 0.6 is 0 Å². The molecule has 2 aromatic carbocycles. The lowest BCUT2D eigenvalue weighted by Gasteiger charge is -2.15. The standard InChI is InChI=1S/C21H20FN3O2/c1-15(17-5-3-2-4-6-17)25-21(26)24-14-16-7-12-20(23-13-16)27-19-10-8-18(22)9-11-19/h2-13,15H,14H2,1H3,(H2,24,25,26). The summed E-state index contributed by atoms with van der Waals surface area (Å²) in [5.41, 5.74) is 1.88. The molecule has 0 saturated carbocycles. The first-order valence-electron chi connectivity index (χ1n) is 8.58. The van der Waals surface area contributed by atoms with Gasteiger partial charge >= 0.3 is 6.03 Å². The van der Waals surface area contributed by atoms with Crippen LogP contribution < -0.4 is 15.4 Å². The van der Waals surface area contributed by atoms with Crippen LogP contribution in [0.25, 0.3) is 0 Å². The number of pyridine rings is 1. The van der Waals surface area contributed by atoms with Gasteiger partial charge in [0.1, 0.15) is 11.6 Å². The van der Waals surface area contributed by atoms with E-state index in [4.69, 9.17) is 4.74 Å². The third-order valence-electron chi connectivity index (χ3n) is 3.93. The van der Waals surface area contributed by atoms with Crippen LogP contribution in [0.15, 0.2) is 72.9 Å². The van der Waals surface area contributed by atoms with Crippen molar-refractivity contribution in [2.75, 3.05) is 0 Å². The van der Waals surface area contributed by atoms with Gasteiger partial charge < -0.3 is 15.4 Å². The number of halogens is 1. The highest BCUT2D eigenvalue weighted by Gasteiger charge is 2.08. The number of hydrogen-bond acceptors (Lipinski definition) is 3. The van der Waals surface area contributed by atoms with Gasteiger partial charge in [0.05, 0.1) is 6.04 Å². The van der Waals surface area contributed by atoms with Gasteiger partial charge in [0.15, 0.2) is 0 Å². The number of urea groups is 1. The van der Waals surface area contributed by atoms with E-state index in [1.165, 1.54) is 24.3 Å². The number of nitrogens with zero attached hydrogens (tertiary/aromatic N) is 1. The maximum atomic E-state index is 12.9. The summed E-state index contributed by atoms with van der Waals surface area (Å²) in [6.07, 6.45) is 1.62. The Morgan fingerprint density at radius 1 is 1.07 bits per heavy atom. The molecule has 2 amide bonds. The van der Waals surface area contributed by atoms with Gasteiger partial charge in [-0.15, -0.1) is 0 Å². The molecular formula is C21H20FN3O2. The summed E-state index contributed by atoms with van der Waals surface area (Å²) in [7, 11) is 0. The van der Waals surface area contributed by atoms with Crippen LogP contribution in [0.5, 0.6) is 11.6 Å². The van der Waals surface area contributed by atoms with Crippen LogP contribution in [0.4, 0.5) is 9.18 Å². The van der Waals surface area contributed by atoms with Crippen LogP contribution in [-0.2, 0) is 6.54 Å². The summed E-state index contributed by atoms with van der Waals surface area (Å²) in [4.78, 5) is 16.2. The van der Waals surface area contributed by atoms with Gasteiger partial charge in [-0.3, -0.25) is 0 Å². The van der Waals surface area contributed by atoms with Gasteiger partial charge in [-0.2, -0.15) is 0 Å². The summed E-state index contributed by atoms with van der Waals surface area (Å²) in [6, 6.07) is 18.6. The largest absolute Gasteiger partial charge is 0.439 e. The molecule has 138 valence electrons. The average molecular weight is 365 g/mol. The smallest absolute Gasteiger partial charge is 0.315 e. The minimum atomic E-state index is -0.323. The number of aromatic nitrogens is 1. The number of benzene rings is 2. The van der Waals surface area contributed by atoms with Crippen molar-refractivity contribution in [2.24, 2.45) is 0 Å². The van der Waals surface area contributed by atoms with E-state index in [2.05, 4.69) is 15.6 Å². The first-order valence-corrected chi connectivity index (χ1v) is 8.58. The fourth-order valence-corrected chi connectivity index (χ4v) is 2.45. The molecule has 0 radical (unpaired) electrons. The normalized spacial score (nSPS) is 11.5. The fourth-order valence-electron chi connectivity index (χ4n) is 2.45. The van der Waals surface area contributed by atoms with Crippen LogP contribution in [0, 0.1) is 5.82 Å². The zero-order valence-electron chi connectivity index (χ0n) is 14.9. The van der Waals surface area contributed by atoms with Crippen molar-refractivity contribution in [1.29, 1.82) is 0 Å². The van der Waals surface area contributed by atoms with Gasteiger partial charge in [-0.05, 0) is 42.3 Å². The summed E-state index contributed by atoms with van der Waals surface area (Å²) >= 11 is 0. The molecule has 0 bridgehead atoms. The lowest BCUT2D eigenvalue weighted by Crippen LogP contribution is -2.36. The van der Waals surface area contributed by atoms with Gasteiger partial charge in [-0.25, -0.2) is 14.2 Å². The summed E-state index contributed by atoms with van der Waals surface area (Å²) in [5.74, 6) is 0.577. The second-order valence-electron chi connectivity index (χ2n) is 6.02. The Bertz CT molecular complexity index is 868. The Hall–Kier alpha value is -3.41. The van der Waals surface area contributed by atoms with Gasteiger partial charge in [0.2, 0.25) is 5.88 Å². The Balaban J connectivity index is 1.48. The second-order valence-corrected chi connectivity index (χ2v) is 6.02. The van der Waals surface area contributed by atoms with E-state index in [0.29, 0.717) is 18.2 Å². The van der Waals surface area contributed by atoms with Crippen LogP contribution in [0.2, 0.25) is 0 Å². The monoisotopic (exact) mass is 365 g/mol. The van der Waals surface area contributed by atoms with Crippen molar-refractivity contribution >= 4 is 6.03 Å². The van der Waals surface area contributed by atoms with E-state index in [1.54, 1.807) is 12.3 Å². The van der Waals surface area contributed by atoms with Crippen molar-refractivity contribution in [3.63, 3.8) is 0 Å². The average Bonchev–Trinajstić information content (AvgIpc) is 2.70. The minimum absolute atomic E-state index is 0.0872. The Labute approximate surface area is 157 Å². The molecule has 27 heavy (non-hydrogen) atoms. The molecule has 0 aliphatic heterocycles. The van der Waals surface area contributed by atoms with Crippen molar-refractivity contribution in [2.45, 2.75) is 19.5 Å².